The molecule has 4 rings (SSSR count). The van der Waals surface area contributed by atoms with Crippen LogP contribution in [0.25, 0.3) is 0 Å². The van der Waals surface area contributed by atoms with Crippen molar-refractivity contribution >= 4 is 69.5 Å². The number of ether oxygens (including phenoxy) is 1. The first-order valence-corrected chi connectivity index (χ1v) is 10.6. The summed E-state index contributed by atoms with van der Waals surface area (Å²) in [5, 5.41) is 13.1. The summed E-state index contributed by atoms with van der Waals surface area (Å²) in [4.78, 5) is 19.2. The van der Waals surface area contributed by atoms with Crippen LogP contribution < -0.4 is 15.0 Å². The zero-order chi connectivity index (χ0) is 22.1. The maximum absolute atomic E-state index is 13.0. The van der Waals surface area contributed by atoms with Crippen molar-refractivity contribution in [2.24, 2.45) is 0 Å². The molecule has 2 aromatic carbocycles. The Balaban J connectivity index is 1.68. The van der Waals surface area contributed by atoms with E-state index in [2.05, 4.69) is 10.3 Å². The molecule has 10 heteroatoms. The van der Waals surface area contributed by atoms with Crippen molar-refractivity contribution in [1.82, 2.24) is 4.98 Å². The number of para-hydroxylation sites is 1. The molecule has 2 N–H and O–H groups in total. The molecule has 0 spiro atoms. The smallest absolute Gasteiger partial charge is 0.259 e. The standard InChI is InChI=1S/C21H15Cl4N3O3/c22-14-7-12(8-15(23)18(14)25)27-21(30)13-2-1-3-17-19(13)31-5-4-28(17)20-16(24)6-11(10-29)9-26-20/h1-3,6-9,29H,4-5,10H2,(H,27,30). The van der Waals surface area contributed by atoms with Crippen LogP contribution in [0, 0.1) is 0 Å². The summed E-state index contributed by atoms with van der Waals surface area (Å²) >= 11 is 24.5. The Kier molecular flexibility index (Phi) is 6.46. The number of nitrogens with one attached hydrogen (secondary N) is 1. The molecule has 1 aliphatic heterocycles. The van der Waals surface area contributed by atoms with E-state index in [1.807, 2.05) is 11.0 Å². The fraction of sp³-hybridized carbons (Fsp3) is 0.143. The van der Waals surface area contributed by atoms with Crippen molar-refractivity contribution in [3.8, 4) is 5.75 Å². The van der Waals surface area contributed by atoms with Gasteiger partial charge in [0.25, 0.3) is 5.91 Å². The van der Waals surface area contributed by atoms with E-state index in [-0.39, 0.29) is 21.7 Å². The number of anilines is 3. The molecule has 2 heterocycles. The number of hydrogen-bond donors (Lipinski definition) is 2. The summed E-state index contributed by atoms with van der Waals surface area (Å²) in [7, 11) is 0. The fourth-order valence-electron chi connectivity index (χ4n) is 3.23. The van der Waals surface area contributed by atoms with Gasteiger partial charge in [-0.2, -0.15) is 0 Å². The Bertz CT molecular complexity index is 1150. The first-order chi connectivity index (χ1) is 14.9. The lowest BCUT2D eigenvalue weighted by atomic mass is 10.1. The molecule has 0 unspecified atom stereocenters. The van der Waals surface area contributed by atoms with Crippen LogP contribution in [0.1, 0.15) is 15.9 Å². The normalized spacial score (nSPS) is 12.9. The lowest BCUT2D eigenvalue weighted by Crippen LogP contribution is -2.31. The first-order valence-electron chi connectivity index (χ1n) is 9.13. The van der Waals surface area contributed by atoms with Gasteiger partial charge in [0.2, 0.25) is 0 Å². The zero-order valence-electron chi connectivity index (χ0n) is 15.8. The molecular formula is C21H15Cl4N3O3. The molecule has 1 aromatic heterocycles. The molecule has 0 fully saturated rings. The number of aliphatic hydroxyl groups excluding tert-OH is 1. The minimum atomic E-state index is -0.400. The van der Waals surface area contributed by atoms with Crippen LogP contribution in [0.5, 0.6) is 5.75 Å². The van der Waals surface area contributed by atoms with E-state index < -0.39 is 5.91 Å². The zero-order valence-corrected chi connectivity index (χ0v) is 18.9. The topological polar surface area (TPSA) is 74.7 Å². The third-order valence-corrected chi connectivity index (χ3v) is 6.12. The molecule has 1 amide bonds. The van der Waals surface area contributed by atoms with Gasteiger partial charge >= 0.3 is 0 Å². The van der Waals surface area contributed by atoms with Crippen molar-refractivity contribution in [3.05, 3.63) is 73.8 Å². The van der Waals surface area contributed by atoms with Gasteiger partial charge in [-0.15, -0.1) is 0 Å². The van der Waals surface area contributed by atoms with E-state index in [1.165, 1.54) is 12.1 Å². The minimum absolute atomic E-state index is 0.157. The summed E-state index contributed by atoms with van der Waals surface area (Å²) in [6.07, 6.45) is 1.56. The average Bonchev–Trinajstić information content (AvgIpc) is 2.76. The molecule has 0 bridgehead atoms. The molecule has 160 valence electrons. The van der Waals surface area contributed by atoms with E-state index >= 15 is 0 Å². The maximum atomic E-state index is 13.0. The third-order valence-electron chi connectivity index (χ3n) is 4.65. The third kappa shape index (κ3) is 4.40. The highest BCUT2D eigenvalue weighted by molar-refractivity contribution is 6.48. The average molecular weight is 499 g/mol. The number of halogens is 4. The summed E-state index contributed by atoms with van der Waals surface area (Å²) in [6, 6.07) is 9.90. The Morgan fingerprint density at radius 1 is 1.13 bits per heavy atom. The molecule has 0 saturated heterocycles. The van der Waals surface area contributed by atoms with Gasteiger partial charge in [0.1, 0.15) is 6.61 Å². The van der Waals surface area contributed by atoms with Crippen LogP contribution >= 0.6 is 46.4 Å². The number of benzene rings is 2. The first kappa shape index (κ1) is 22.0. The summed E-state index contributed by atoms with van der Waals surface area (Å²) < 4.78 is 5.83. The Morgan fingerprint density at radius 2 is 1.87 bits per heavy atom. The van der Waals surface area contributed by atoms with Crippen molar-refractivity contribution in [2.75, 3.05) is 23.4 Å². The quantitative estimate of drug-likeness (QED) is 0.433. The number of amides is 1. The van der Waals surface area contributed by atoms with E-state index in [9.17, 15) is 9.90 Å². The molecule has 0 aliphatic carbocycles. The van der Waals surface area contributed by atoms with Crippen LogP contribution in [0.4, 0.5) is 17.2 Å². The predicted octanol–water partition coefficient (Wildman–Crippen LogP) is 5.97. The molecule has 0 radical (unpaired) electrons. The second kappa shape index (κ2) is 9.10. The van der Waals surface area contributed by atoms with E-state index in [4.69, 9.17) is 51.1 Å². The van der Waals surface area contributed by atoms with Gasteiger partial charge in [-0.3, -0.25) is 4.79 Å². The molecule has 31 heavy (non-hydrogen) atoms. The van der Waals surface area contributed by atoms with Crippen molar-refractivity contribution in [3.63, 3.8) is 0 Å². The SMILES string of the molecule is O=C(Nc1cc(Cl)c(Cl)c(Cl)c1)c1cccc2c1OCCN2c1ncc(CO)cc1Cl. The number of pyridine rings is 1. The number of fused-ring (bicyclic) bond motifs is 1. The fourth-order valence-corrected chi connectivity index (χ4v) is 4.12. The highest BCUT2D eigenvalue weighted by atomic mass is 35.5. The number of aliphatic hydroxyl groups is 1. The maximum Gasteiger partial charge on any atom is 0.259 e. The van der Waals surface area contributed by atoms with Crippen LogP contribution in [0.3, 0.4) is 0 Å². The monoisotopic (exact) mass is 497 g/mol. The number of rotatable bonds is 4. The lowest BCUT2D eigenvalue weighted by molar-refractivity contribution is 0.102. The van der Waals surface area contributed by atoms with Crippen LogP contribution in [0.2, 0.25) is 20.1 Å². The number of aromatic nitrogens is 1. The van der Waals surface area contributed by atoms with E-state index in [1.54, 1.807) is 24.4 Å². The molecule has 0 atom stereocenters. The van der Waals surface area contributed by atoms with Gasteiger partial charge in [-0.25, -0.2) is 4.98 Å². The molecular weight excluding hydrogens is 484 g/mol. The van der Waals surface area contributed by atoms with Crippen LogP contribution in [-0.4, -0.2) is 29.1 Å². The van der Waals surface area contributed by atoms with Gasteiger partial charge < -0.3 is 20.1 Å². The van der Waals surface area contributed by atoms with Crippen molar-refractivity contribution < 1.29 is 14.6 Å². The second-order valence-electron chi connectivity index (χ2n) is 6.67. The molecule has 0 saturated carbocycles. The number of carbonyl (C=O) groups excluding carboxylic acids is 1. The number of hydrogen-bond acceptors (Lipinski definition) is 5. The van der Waals surface area contributed by atoms with Crippen LogP contribution in [0.15, 0.2) is 42.6 Å². The van der Waals surface area contributed by atoms with Gasteiger partial charge in [-0.1, -0.05) is 52.5 Å². The van der Waals surface area contributed by atoms with Gasteiger partial charge in [0.15, 0.2) is 11.6 Å². The van der Waals surface area contributed by atoms with Crippen molar-refractivity contribution in [2.45, 2.75) is 6.61 Å². The molecule has 3 aromatic rings. The number of nitrogens with zero attached hydrogens (tertiary/aromatic N) is 2. The largest absolute Gasteiger partial charge is 0.489 e. The van der Waals surface area contributed by atoms with E-state index in [0.717, 1.165) is 0 Å². The van der Waals surface area contributed by atoms with Gasteiger partial charge in [-0.05, 0) is 35.9 Å². The summed E-state index contributed by atoms with van der Waals surface area (Å²) in [5.74, 6) is 0.515. The molecule has 6 nitrogen and oxygen atoms in total. The van der Waals surface area contributed by atoms with Gasteiger partial charge in [0, 0.05) is 11.9 Å². The van der Waals surface area contributed by atoms with Gasteiger partial charge in [0.05, 0.1) is 44.5 Å². The predicted molar refractivity (Wildman–Crippen MR) is 124 cm³/mol. The Hall–Kier alpha value is -2.22. The highest BCUT2D eigenvalue weighted by Gasteiger charge is 2.27. The van der Waals surface area contributed by atoms with Crippen LogP contribution in [-0.2, 0) is 6.61 Å². The highest BCUT2D eigenvalue weighted by Crippen LogP contribution is 2.41. The summed E-state index contributed by atoms with van der Waals surface area (Å²) in [5.41, 5.74) is 1.99. The van der Waals surface area contributed by atoms with E-state index in [0.29, 0.717) is 52.2 Å². The Labute approximate surface area is 198 Å². The lowest BCUT2D eigenvalue weighted by Gasteiger charge is -2.32. The number of carbonyl (C=O) groups is 1. The summed E-state index contributed by atoms with van der Waals surface area (Å²) in [6.45, 7) is 0.664. The minimum Gasteiger partial charge on any atom is -0.489 e. The van der Waals surface area contributed by atoms with Crippen molar-refractivity contribution in [1.29, 1.82) is 0 Å². The molecule has 1 aliphatic rings. The Morgan fingerprint density at radius 3 is 2.55 bits per heavy atom. The second-order valence-corrected chi connectivity index (χ2v) is 8.27.